The number of carbonyl (C=O) groups excluding carboxylic acids is 1. The Balaban J connectivity index is 1.74. The van der Waals surface area contributed by atoms with Crippen LogP contribution in [0.3, 0.4) is 0 Å². The normalized spacial score (nSPS) is 11.0. The highest BCUT2D eigenvalue weighted by molar-refractivity contribution is 7.98. The zero-order valence-electron chi connectivity index (χ0n) is 14.4. The summed E-state index contributed by atoms with van der Waals surface area (Å²) in [4.78, 5) is 17.3. The Morgan fingerprint density at radius 2 is 1.67 bits per heavy atom. The lowest BCUT2D eigenvalue weighted by atomic mass is 10.2. The summed E-state index contributed by atoms with van der Waals surface area (Å²) in [5, 5.41) is 2.78. The smallest absolute Gasteiger partial charge is 0.263 e. The van der Waals surface area contributed by atoms with Gasteiger partial charge in [0.1, 0.15) is 5.82 Å². The molecule has 0 aliphatic rings. The maximum absolute atomic E-state index is 12.5. The maximum Gasteiger partial charge on any atom is 0.263 e. The van der Waals surface area contributed by atoms with Crippen molar-refractivity contribution in [1.82, 2.24) is 4.98 Å². The van der Waals surface area contributed by atoms with Crippen molar-refractivity contribution in [3.8, 4) is 0 Å². The van der Waals surface area contributed by atoms with Gasteiger partial charge in [-0.25, -0.2) is 13.4 Å². The van der Waals surface area contributed by atoms with E-state index < -0.39 is 10.0 Å². The Kier molecular flexibility index (Phi) is 5.78. The average molecular weight is 399 g/mol. The average Bonchev–Trinajstić information content (AvgIpc) is 2.68. The van der Waals surface area contributed by atoms with Crippen LogP contribution in [0.1, 0.15) is 10.4 Å². The molecule has 0 unspecified atom stereocenters. The first-order chi connectivity index (χ1) is 13.0. The number of sulfonamides is 1. The van der Waals surface area contributed by atoms with Crippen LogP contribution in [-0.4, -0.2) is 25.6 Å². The molecule has 3 aromatic rings. The van der Waals surface area contributed by atoms with Crippen molar-refractivity contribution < 1.29 is 13.2 Å². The van der Waals surface area contributed by atoms with E-state index in [1.165, 1.54) is 30.1 Å². The minimum Gasteiger partial charge on any atom is -0.322 e. The molecule has 27 heavy (non-hydrogen) atoms. The number of hydrogen-bond donors (Lipinski definition) is 2. The van der Waals surface area contributed by atoms with Crippen molar-refractivity contribution in [2.24, 2.45) is 0 Å². The number of carbonyl (C=O) groups is 1. The molecule has 0 atom stereocenters. The maximum atomic E-state index is 12.5. The summed E-state index contributed by atoms with van der Waals surface area (Å²) in [5.74, 6) is -0.00859. The fraction of sp³-hybridized carbons (Fsp3) is 0.0526. The number of nitrogens with one attached hydrogen (secondary N) is 2. The topological polar surface area (TPSA) is 88.2 Å². The molecule has 1 heterocycles. The highest BCUT2D eigenvalue weighted by Gasteiger charge is 2.15. The molecule has 1 amide bonds. The molecular weight excluding hydrogens is 382 g/mol. The minimum absolute atomic E-state index is 0.0793. The van der Waals surface area contributed by atoms with Gasteiger partial charge in [0.15, 0.2) is 0 Å². The van der Waals surface area contributed by atoms with Crippen molar-refractivity contribution in [3.05, 3.63) is 78.5 Å². The van der Waals surface area contributed by atoms with Gasteiger partial charge in [-0.1, -0.05) is 18.2 Å². The third kappa shape index (κ3) is 4.66. The molecule has 2 aromatic carbocycles. The van der Waals surface area contributed by atoms with E-state index in [4.69, 9.17) is 0 Å². The first-order valence-corrected chi connectivity index (χ1v) is 10.7. The third-order valence-electron chi connectivity index (χ3n) is 3.68. The zero-order chi connectivity index (χ0) is 19.3. The van der Waals surface area contributed by atoms with Gasteiger partial charge in [-0.05, 0) is 54.8 Å². The predicted molar refractivity (Wildman–Crippen MR) is 108 cm³/mol. The quantitative estimate of drug-likeness (QED) is 0.615. The minimum atomic E-state index is -3.75. The summed E-state index contributed by atoms with van der Waals surface area (Å²) in [6.07, 6.45) is 3.41. The van der Waals surface area contributed by atoms with E-state index in [2.05, 4.69) is 15.0 Å². The first-order valence-electron chi connectivity index (χ1n) is 7.98. The molecule has 0 aliphatic heterocycles. The van der Waals surface area contributed by atoms with E-state index >= 15 is 0 Å². The largest absolute Gasteiger partial charge is 0.322 e. The summed E-state index contributed by atoms with van der Waals surface area (Å²) in [6, 6.07) is 18.2. The number of rotatable bonds is 6. The lowest BCUT2D eigenvalue weighted by Crippen LogP contribution is -2.15. The number of hydrogen-bond acceptors (Lipinski definition) is 5. The number of aromatic nitrogens is 1. The molecule has 0 spiro atoms. The molecule has 0 fully saturated rings. The van der Waals surface area contributed by atoms with Crippen molar-refractivity contribution in [2.45, 2.75) is 9.79 Å². The molecule has 3 rings (SSSR count). The van der Waals surface area contributed by atoms with E-state index in [0.717, 1.165) is 4.90 Å². The number of nitrogens with zero attached hydrogens (tertiary/aromatic N) is 1. The fourth-order valence-corrected chi connectivity index (χ4v) is 3.97. The molecular formula is C19H17N3O3S2. The van der Waals surface area contributed by atoms with Crippen molar-refractivity contribution in [3.63, 3.8) is 0 Å². The summed E-state index contributed by atoms with van der Waals surface area (Å²) in [5.41, 5.74) is 1.08. The predicted octanol–water partition coefficient (Wildman–Crippen LogP) is 3.86. The summed E-state index contributed by atoms with van der Waals surface area (Å²) < 4.78 is 27.2. The molecule has 0 saturated heterocycles. The van der Waals surface area contributed by atoms with E-state index in [1.54, 1.807) is 42.5 Å². The number of benzene rings is 2. The van der Waals surface area contributed by atoms with Crippen LogP contribution >= 0.6 is 11.8 Å². The Morgan fingerprint density at radius 3 is 2.33 bits per heavy atom. The SMILES string of the molecule is CSc1ccccc1C(=O)Nc1ccc(S(=O)(=O)Nc2ccccn2)cc1. The van der Waals surface area contributed by atoms with Crippen LogP contribution < -0.4 is 10.0 Å². The lowest BCUT2D eigenvalue weighted by Gasteiger charge is -2.10. The molecule has 2 N–H and O–H groups in total. The van der Waals surface area contributed by atoms with Gasteiger partial charge in [-0.3, -0.25) is 9.52 Å². The van der Waals surface area contributed by atoms with Crippen LogP contribution in [0.15, 0.2) is 82.7 Å². The van der Waals surface area contributed by atoms with Crippen LogP contribution in [-0.2, 0) is 10.0 Å². The second kappa shape index (κ2) is 8.24. The fourth-order valence-electron chi connectivity index (χ4n) is 2.37. The monoisotopic (exact) mass is 399 g/mol. The van der Waals surface area contributed by atoms with E-state index in [-0.39, 0.29) is 16.6 Å². The van der Waals surface area contributed by atoms with E-state index in [9.17, 15) is 13.2 Å². The van der Waals surface area contributed by atoms with Crippen LogP contribution in [0.4, 0.5) is 11.5 Å². The van der Waals surface area contributed by atoms with Crippen LogP contribution in [0, 0.1) is 0 Å². The first kappa shape index (κ1) is 18.9. The van der Waals surface area contributed by atoms with Gasteiger partial charge in [0.05, 0.1) is 10.5 Å². The molecule has 0 bridgehead atoms. The third-order valence-corrected chi connectivity index (χ3v) is 5.84. The van der Waals surface area contributed by atoms with Gasteiger partial charge in [-0.15, -0.1) is 11.8 Å². The second-order valence-corrected chi connectivity index (χ2v) is 8.03. The number of thioether (sulfide) groups is 1. The van der Waals surface area contributed by atoms with Gasteiger partial charge >= 0.3 is 0 Å². The molecule has 0 saturated carbocycles. The zero-order valence-corrected chi connectivity index (χ0v) is 16.0. The van der Waals surface area contributed by atoms with Gasteiger partial charge in [-0.2, -0.15) is 0 Å². The van der Waals surface area contributed by atoms with Gasteiger partial charge in [0.2, 0.25) is 0 Å². The Labute approximate surface area is 162 Å². The standard InChI is InChI=1S/C19H17N3O3S2/c1-26-17-7-3-2-6-16(17)19(23)21-14-9-11-15(12-10-14)27(24,25)22-18-8-4-5-13-20-18/h2-13H,1H3,(H,20,22)(H,21,23). The molecule has 0 radical (unpaired) electrons. The highest BCUT2D eigenvalue weighted by Crippen LogP contribution is 2.22. The summed E-state index contributed by atoms with van der Waals surface area (Å²) >= 11 is 1.49. The van der Waals surface area contributed by atoms with Crippen LogP contribution in [0.5, 0.6) is 0 Å². The Morgan fingerprint density at radius 1 is 0.963 bits per heavy atom. The van der Waals surface area contributed by atoms with E-state index in [0.29, 0.717) is 11.3 Å². The summed E-state index contributed by atoms with van der Waals surface area (Å²) in [6.45, 7) is 0. The highest BCUT2D eigenvalue weighted by atomic mass is 32.2. The van der Waals surface area contributed by atoms with Crippen LogP contribution in [0.25, 0.3) is 0 Å². The number of pyridine rings is 1. The van der Waals surface area contributed by atoms with E-state index in [1.807, 2.05) is 18.4 Å². The Hall–Kier alpha value is -2.84. The lowest BCUT2D eigenvalue weighted by molar-refractivity contribution is 0.102. The van der Waals surface area contributed by atoms with Gasteiger partial charge in [0.25, 0.3) is 15.9 Å². The molecule has 138 valence electrons. The molecule has 8 heteroatoms. The van der Waals surface area contributed by atoms with Crippen LogP contribution in [0.2, 0.25) is 0 Å². The van der Waals surface area contributed by atoms with Crippen molar-refractivity contribution >= 4 is 39.2 Å². The molecule has 1 aromatic heterocycles. The van der Waals surface area contributed by atoms with Gasteiger partial charge < -0.3 is 5.32 Å². The Bertz CT molecular complexity index is 1040. The number of amides is 1. The second-order valence-electron chi connectivity index (χ2n) is 5.50. The number of anilines is 2. The molecule has 6 nitrogen and oxygen atoms in total. The van der Waals surface area contributed by atoms with Crippen molar-refractivity contribution in [1.29, 1.82) is 0 Å². The summed E-state index contributed by atoms with van der Waals surface area (Å²) in [7, 11) is -3.75. The molecule has 0 aliphatic carbocycles. The van der Waals surface area contributed by atoms with Crippen molar-refractivity contribution in [2.75, 3.05) is 16.3 Å². The van der Waals surface area contributed by atoms with Gasteiger partial charge in [0, 0.05) is 16.8 Å².